The third-order valence-electron chi connectivity index (χ3n) is 5.87. The largest absolute Gasteiger partial charge is 0.320 e. The lowest BCUT2D eigenvalue weighted by Crippen LogP contribution is -2.07. The van der Waals surface area contributed by atoms with Gasteiger partial charge in [-0.1, -0.05) is 148 Å². The number of hydrogen-bond acceptors (Lipinski definition) is 1. The van der Waals surface area contributed by atoms with Crippen molar-refractivity contribution in [2.45, 2.75) is 159 Å². The van der Waals surface area contributed by atoms with Crippen molar-refractivity contribution in [1.29, 1.82) is 0 Å². The van der Waals surface area contributed by atoms with Crippen LogP contribution in [-0.2, 0) is 6.42 Å². The summed E-state index contributed by atoms with van der Waals surface area (Å²) < 4.78 is 0. The number of allylic oxidation sites excluding steroid dienone is 2. The maximum atomic E-state index is 4.00. The van der Waals surface area contributed by atoms with E-state index in [-0.39, 0.29) is 0 Å². The van der Waals surface area contributed by atoms with Gasteiger partial charge in [0.25, 0.3) is 0 Å². The van der Waals surface area contributed by atoms with Crippen LogP contribution in [0, 0.1) is 25.7 Å². The van der Waals surface area contributed by atoms with Crippen molar-refractivity contribution >= 4 is 0 Å². The van der Waals surface area contributed by atoms with Crippen molar-refractivity contribution in [3.8, 4) is 12.8 Å². The smallest absolute Gasteiger partial charge is 0.00519 e. The van der Waals surface area contributed by atoms with Gasteiger partial charge in [0.05, 0.1) is 0 Å². The minimum atomic E-state index is 0.713. The number of nitrogens with one attached hydrogen (secondary N) is 1. The number of terminal acetylenes is 1. The van der Waals surface area contributed by atoms with Gasteiger partial charge in [0.2, 0.25) is 0 Å². The van der Waals surface area contributed by atoms with Gasteiger partial charge in [0.15, 0.2) is 0 Å². The second-order valence-electron chi connectivity index (χ2n) is 10.4. The summed E-state index contributed by atoms with van der Waals surface area (Å²) >= 11 is 0. The molecule has 1 aromatic rings. The van der Waals surface area contributed by atoms with Crippen molar-refractivity contribution in [1.82, 2.24) is 5.32 Å². The van der Waals surface area contributed by atoms with Crippen LogP contribution in [0.3, 0.4) is 0 Å². The van der Waals surface area contributed by atoms with Crippen LogP contribution in [0.5, 0.6) is 0 Å². The van der Waals surface area contributed by atoms with Crippen LogP contribution >= 0.6 is 0 Å². The maximum absolute atomic E-state index is 4.00. The zero-order valence-electron chi connectivity index (χ0n) is 29.3. The summed E-state index contributed by atoms with van der Waals surface area (Å²) in [6.07, 6.45) is 30.0. The molecule has 0 spiro atoms. The van der Waals surface area contributed by atoms with E-state index in [1.54, 1.807) is 0 Å². The lowest BCUT2D eigenvalue weighted by molar-refractivity contribution is 0.589. The predicted molar refractivity (Wildman–Crippen MR) is 192 cm³/mol. The van der Waals surface area contributed by atoms with Crippen LogP contribution in [0.15, 0.2) is 49.1 Å². The Morgan fingerprint density at radius 2 is 1.30 bits per heavy atom. The second kappa shape index (κ2) is 47.0. The molecule has 0 aliphatic heterocycles. The van der Waals surface area contributed by atoms with Gasteiger partial charge in [-0.25, -0.2) is 0 Å². The summed E-state index contributed by atoms with van der Waals surface area (Å²) in [4.78, 5) is 0. The quantitative estimate of drug-likeness (QED) is 0.114. The summed E-state index contributed by atoms with van der Waals surface area (Å²) in [6, 6.07) is 8.88. The molecule has 1 unspecified atom stereocenters. The molecule has 1 N–H and O–H groups in total. The minimum absolute atomic E-state index is 0.713. The van der Waals surface area contributed by atoms with Crippen LogP contribution in [0.1, 0.15) is 156 Å². The third kappa shape index (κ3) is 52.6. The number of rotatable bonds is 17. The van der Waals surface area contributed by atoms with E-state index < -0.39 is 0 Å². The Morgan fingerprint density at radius 1 is 0.825 bits per heavy atom. The fourth-order valence-corrected chi connectivity index (χ4v) is 3.52. The van der Waals surface area contributed by atoms with Crippen molar-refractivity contribution in [2.75, 3.05) is 13.6 Å². The zero-order chi connectivity index (χ0) is 31.9. The number of benzene rings is 1. The first-order chi connectivity index (χ1) is 19.3. The second-order valence-corrected chi connectivity index (χ2v) is 10.4. The lowest BCUT2D eigenvalue weighted by atomic mass is 10.1. The van der Waals surface area contributed by atoms with E-state index in [4.69, 9.17) is 0 Å². The van der Waals surface area contributed by atoms with Gasteiger partial charge in [-0.3, -0.25) is 0 Å². The normalized spacial score (nSPS) is 9.70. The highest BCUT2D eigenvalue weighted by atomic mass is 14.8. The van der Waals surface area contributed by atoms with Gasteiger partial charge in [-0.2, -0.15) is 0 Å². The molecule has 0 aromatic heterocycles. The zero-order valence-corrected chi connectivity index (χ0v) is 29.3. The molecule has 40 heavy (non-hydrogen) atoms. The first-order valence-electron chi connectivity index (χ1n) is 16.6. The molecule has 0 aliphatic carbocycles. The molecular formula is C39H75N. The summed E-state index contributed by atoms with van der Waals surface area (Å²) in [7, 11) is 2.01. The topological polar surface area (TPSA) is 12.0 Å². The highest BCUT2D eigenvalue weighted by Crippen LogP contribution is 2.11. The lowest BCUT2D eigenvalue weighted by Gasteiger charge is -2.02. The number of hydrogen-bond donors (Lipinski definition) is 1. The summed E-state index contributed by atoms with van der Waals surface area (Å²) in [5, 5.41) is 3.17. The molecule has 0 radical (unpaired) electrons. The molecule has 1 rings (SSSR count). The molecule has 0 heterocycles. The fraction of sp³-hybridized carbons (Fsp3) is 0.692. The third-order valence-corrected chi connectivity index (χ3v) is 5.87. The molecule has 0 bridgehead atoms. The van der Waals surface area contributed by atoms with Gasteiger partial charge in [0.1, 0.15) is 0 Å². The Bertz CT molecular complexity index is 581. The number of unbranched alkanes of at least 4 members (excludes halogenated alkanes) is 8. The number of aryl methyl sites for hydroxylation is 2. The fourth-order valence-electron chi connectivity index (χ4n) is 3.52. The Balaban J connectivity index is -0.000000142. The molecule has 0 saturated carbocycles. The monoisotopic (exact) mass is 558 g/mol. The summed E-state index contributed by atoms with van der Waals surface area (Å²) in [5.41, 5.74) is 4.16. The average molecular weight is 558 g/mol. The summed E-state index contributed by atoms with van der Waals surface area (Å²) in [6.45, 7) is 27.9. The van der Waals surface area contributed by atoms with Crippen molar-refractivity contribution < 1.29 is 0 Å². The average Bonchev–Trinajstić information content (AvgIpc) is 2.97. The minimum Gasteiger partial charge on any atom is -0.320 e. The molecule has 1 atom stereocenters. The van der Waals surface area contributed by atoms with Crippen LogP contribution in [0.4, 0.5) is 0 Å². The first kappa shape index (κ1) is 48.0. The molecule has 236 valence electrons. The van der Waals surface area contributed by atoms with Gasteiger partial charge in [-0.15, -0.1) is 26.0 Å². The standard InChI is InChI=1S/C13H21N.C12H24.C7H14.C3H8.C2H6.C2H2/c1-12-7-9-13(10-8-12)6-4-3-5-11-14-2;1-4-5-6-7-8-9-10-11-12(2)3;1-4-6-7(3)5-2;1-3-2;2*1-2/h7-10,14H,3-6,11H2,1-2H3;2,4-11H2,1,3H3;5,7H,2,4,6H2,1,3H3;3H2,1-2H3;1-2H3;1-2H. The molecular weight excluding hydrogens is 482 g/mol. The van der Waals surface area contributed by atoms with Crippen LogP contribution in [0.25, 0.3) is 0 Å². The molecule has 0 saturated heterocycles. The summed E-state index contributed by atoms with van der Waals surface area (Å²) in [5.74, 6) is 0.713. The molecule has 1 heteroatoms. The highest BCUT2D eigenvalue weighted by Gasteiger charge is 1.93. The van der Waals surface area contributed by atoms with Crippen molar-refractivity contribution in [2.24, 2.45) is 5.92 Å². The van der Waals surface area contributed by atoms with Crippen LogP contribution < -0.4 is 5.32 Å². The molecule has 0 fully saturated rings. The van der Waals surface area contributed by atoms with E-state index in [0.29, 0.717) is 5.92 Å². The van der Waals surface area contributed by atoms with Crippen LogP contribution in [-0.4, -0.2) is 13.6 Å². The SMILES string of the molecule is C#C.C=C(C)CCCCCCCCC.C=CC(C)CCC.CC.CCC.CNCCCCCc1ccc(C)cc1. The van der Waals surface area contributed by atoms with E-state index >= 15 is 0 Å². The van der Waals surface area contributed by atoms with Crippen molar-refractivity contribution in [3.05, 3.63) is 60.2 Å². The molecule has 1 nitrogen and oxygen atoms in total. The first-order valence-corrected chi connectivity index (χ1v) is 16.6. The Hall–Kier alpha value is -1.78. The van der Waals surface area contributed by atoms with E-state index in [0.717, 1.165) is 6.54 Å². The maximum Gasteiger partial charge on any atom is -0.00519 e. The van der Waals surface area contributed by atoms with Gasteiger partial charge >= 0.3 is 0 Å². The highest BCUT2D eigenvalue weighted by molar-refractivity contribution is 5.21. The predicted octanol–water partition coefficient (Wildman–Crippen LogP) is 12.9. The van der Waals surface area contributed by atoms with Crippen LogP contribution in [0.2, 0.25) is 0 Å². The van der Waals surface area contributed by atoms with Gasteiger partial charge < -0.3 is 5.32 Å². The molecule has 0 amide bonds. The Kier molecular flexibility index (Phi) is 56.4. The Morgan fingerprint density at radius 3 is 1.70 bits per heavy atom. The Labute approximate surface area is 256 Å². The van der Waals surface area contributed by atoms with E-state index in [9.17, 15) is 0 Å². The van der Waals surface area contributed by atoms with E-state index in [2.05, 4.69) is 104 Å². The van der Waals surface area contributed by atoms with Crippen molar-refractivity contribution in [3.63, 3.8) is 0 Å². The van der Waals surface area contributed by atoms with E-state index in [1.807, 2.05) is 27.0 Å². The van der Waals surface area contributed by atoms with Gasteiger partial charge in [-0.05, 0) is 77.4 Å². The van der Waals surface area contributed by atoms with E-state index in [1.165, 1.54) is 113 Å². The van der Waals surface area contributed by atoms with Gasteiger partial charge in [0, 0.05) is 0 Å². The molecule has 0 aliphatic rings. The molecule has 1 aromatic carbocycles.